The molecule has 0 aliphatic heterocycles. The second-order valence-electron chi connectivity index (χ2n) is 4.02. The van der Waals surface area contributed by atoms with Gasteiger partial charge in [0.1, 0.15) is 5.75 Å². The fourth-order valence-corrected chi connectivity index (χ4v) is 1.92. The first-order valence-corrected chi connectivity index (χ1v) is 6.41. The molecule has 1 rings (SSSR count). The number of benzene rings is 1. The maximum absolute atomic E-state index is 12.3. The Balaban J connectivity index is 2.75. The molecular formula is C13H18ClF2NO. The van der Waals surface area contributed by atoms with E-state index in [0.717, 1.165) is 12.8 Å². The summed E-state index contributed by atoms with van der Waals surface area (Å²) in [6.45, 7) is 1.80. The first kappa shape index (κ1) is 15.2. The summed E-state index contributed by atoms with van der Waals surface area (Å²) in [7, 11) is 0. The van der Waals surface area contributed by atoms with E-state index >= 15 is 0 Å². The van der Waals surface area contributed by atoms with Gasteiger partial charge < -0.3 is 10.1 Å². The zero-order valence-electron chi connectivity index (χ0n) is 10.6. The number of hydrogen-bond acceptors (Lipinski definition) is 2. The number of rotatable bonds is 7. The summed E-state index contributed by atoms with van der Waals surface area (Å²) in [5.74, 6) is 0.174. The number of alkyl halides is 2. The van der Waals surface area contributed by atoms with Gasteiger partial charge in [0.05, 0.1) is 0 Å². The highest BCUT2D eigenvalue weighted by Crippen LogP contribution is 2.24. The molecule has 0 radical (unpaired) electrons. The highest BCUT2D eigenvalue weighted by atomic mass is 35.5. The molecule has 0 saturated carbocycles. The lowest BCUT2D eigenvalue weighted by molar-refractivity contribution is -0.0505. The van der Waals surface area contributed by atoms with E-state index in [1.54, 1.807) is 12.1 Å². The highest BCUT2D eigenvalue weighted by Gasteiger charge is 2.11. The van der Waals surface area contributed by atoms with Crippen LogP contribution in [0.25, 0.3) is 0 Å². The number of nitrogens with one attached hydrogen (secondary N) is 1. The molecule has 0 atom stereocenters. The van der Waals surface area contributed by atoms with Gasteiger partial charge in [0, 0.05) is 23.2 Å². The molecule has 1 aromatic rings. The Hall–Kier alpha value is -0.870. The van der Waals surface area contributed by atoms with Gasteiger partial charge in [-0.3, -0.25) is 0 Å². The minimum atomic E-state index is -2.82. The molecular weight excluding hydrogens is 260 g/mol. The van der Waals surface area contributed by atoms with Crippen molar-refractivity contribution in [2.45, 2.75) is 45.9 Å². The predicted molar refractivity (Wildman–Crippen MR) is 69.3 cm³/mol. The van der Waals surface area contributed by atoms with E-state index in [9.17, 15) is 8.78 Å². The molecule has 0 fully saturated rings. The first-order valence-electron chi connectivity index (χ1n) is 6.03. The summed E-state index contributed by atoms with van der Waals surface area (Å²) >= 11 is 5.87. The minimum absolute atomic E-state index is 0.174. The lowest BCUT2D eigenvalue weighted by Gasteiger charge is -2.17. The molecule has 0 amide bonds. The molecule has 0 saturated heterocycles. The monoisotopic (exact) mass is 277 g/mol. The smallest absolute Gasteiger partial charge is 0.387 e. The molecule has 0 heterocycles. The maximum Gasteiger partial charge on any atom is 0.387 e. The Morgan fingerprint density at radius 2 is 1.94 bits per heavy atom. The first-order chi connectivity index (χ1) is 8.56. The lowest BCUT2D eigenvalue weighted by atomic mass is 10.1. The van der Waals surface area contributed by atoms with Gasteiger partial charge in [-0.2, -0.15) is 8.78 Å². The highest BCUT2D eigenvalue weighted by molar-refractivity contribution is 6.30. The molecule has 2 nitrogen and oxygen atoms in total. The van der Waals surface area contributed by atoms with Crippen LogP contribution >= 0.6 is 11.6 Å². The van der Waals surface area contributed by atoms with Crippen molar-refractivity contribution in [3.8, 4) is 5.75 Å². The molecule has 18 heavy (non-hydrogen) atoms. The topological polar surface area (TPSA) is 21.3 Å². The maximum atomic E-state index is 12.3. The summed E-state index contributed by atoms with van der Waals surface area (Å²) in [5.41, 5.74) is 0.648. The second kappa shape index (κ2) is 7.54. The largest absolute Gasteiger partial charge is 0.434 e. The average molecular weight is 278 g/mol. The van der Waals surface area contributed by atoms with Gasteiger partial charge in [-0.05, 0) is 31.0 Å². The van der Waals surface area contributed by atoms with Crippen LogP contribution < -0.4 is 10.1 Å². The third-order valence-corrected chi connectivity index (χ3v) is 3.04. The van der Waals surface area contributed by atoms with E-state index in [2.05, 4.69) is 23.9 Å². The van der Waals surface area contributed by atoms with Crippen LogP contribution in [0.5, 0.6) is 5.75 Å². The van der Waals surface area contributed by atoms with Crippen molar-refractivity contribution in [2.75, 3.05) is 0 Å². The number of ether oxygens (including phenoxy) is 1. The van der Waals surface area contributed by atoms with E-state index in [0.29, 0.717) is 23.2 Å². The summed E-state index contributed by atoms with van der Waals surface area (Å²) in [4.78, 5) is 0. The Kier molecular flexibility index (Phi) is 6.36. The zero-order valence-corrected chi connectivity index (χ0v) is 11.3. The van der Waals surface area contributed by atoms with Crippen molar-refractivity contribution in [1.29, 1.82) is 0 Å². The van der Waals surface area contributed by atoms with Crippen molar-refractivity contribution >= 4 is 11.6 Å². The Morgan fingerprint density at radius 1 is 1.28 bits per heavy atom. The average Bonchev–Trinajstić information content (AvgIpc) is 2.33. The van der Waals surface area contributed by atoms with Gasteiger partial charge in [0.15, 0.2) is 0 Å². The standard InChI is InChI=1S/C13H18ClF2NO/c1-3-11(4-2)17-8-9-7-10(14)5-6-12(9)18-13(15)16/h5-7,11,13,17H,3-4,8H2,1-2H3. The van der Waals surface area contributed by atoms with Crippen LogP contribution in [0.15, 0.2) is 18.2 Å². The SMILES string of the molecule is CCC(CC)NCc1cc(Cl)ccc1OC(F)F. The summed E-state index contributed by atoms with van der Waals surface area (Å²) in [5, 5.41) is 3.80. The minimum Gasteiger partial charge on any atom is -0.434 e. The third kappa shape index (κ3) is 4.78. The van der Waals surface area contributed by atoms with E-state index in [1.807, 2.05) is 0 Å². The van der Waals surface area contributed by atoms with Gasteiger partial charge in [-0.15, -0.1) is 0 Å². The summed E-state index contributed by atoms with van der Waals surface area (Å²) in [6.07, 6.45) is 1.98. The molecule has 102 valence electrons. The molecule has 0 spiro atoms. The molecule has 0 aromatic heterocycles. The van der Waals surface area contributed by atoms with E-state index in [-0.39, 0.29) is 5.75 Å². The quantitative estimate of drug-likeness (QED) is 0.806. The fraction of sp³-hybridized carbons (Fsp3) is 0.538. The van der Waals surface area contributed by atoms with E-state index in [1.165, 1.54) is 6.07 Å². The molecule has 0 bridgehead atoms. The van der Waals surface area contributed by atoms with Crippen LogP contribution in [0.4, 0.5) is 8.78 Å². The summed E-state index contributed by atoms with van der Waals surface area (Å²) in [6, 6.07) is 5.02. The lowest BCUT2D eigenvalue weighted by Crippen LogP contribution is -2.27. The van der Waals surface area contributed by atoms with Gasteiger partial charge >= 0.3 is 6.61 Å². The van der Waals surface area contributed by atoms with Crippen molar-refractivity contribution in [1.82, 2.24) is 5.32 Å². The Bertz CT molecular complexity index is 370. The fourth-order valence-electron chi connectivity index (χ4n) is 1.73. The second-order valence-corrected chi connectivity index (χ2v) is 4.46. The molecule has 5 heteroatoms. The van der Waals surface area contributed by atoms with Crippen LogP contribution in [-0.2, 0) is 6.54 Å². The van der Waals surface area contributed by atoms with Crippen molar-refractivity contribution in [3.63, 3.8) is 0 Å². The molecule has 0 aliphatic carbocycles. The molecule has 0 unspecified atom stereocenters. The predicted octanol–water partition coefficient (Wildman–Crippen LogP) is 4.22. The Morgan fingerprint density at radius 3 is 2.50 bits per heavy atom. The van der Waals surface area contributed by atoms with Crippen LogP contribution in [-0.4, -0.2) is 12.7 Å². The molecule has 1 aromatic carbocycles. The molecule has 0 aliphatic rings. The van der Waals surface area contributed by atoms with Gasteiger partial charge in [0.25, 0.3) is 0 Å². The van der Waals surface area contributed by atoms with Crippen LogP contribution in [0, 0.1) is 0 Å². The van der Waals surface area contributed by atoms with Crippen molar-refractivity contribution in [3.05, 3.63) is 28.8 Å². The van der Waals surface area contributed by atoms with Gasteiger partial charge in [-0.1, -0.05) is 25.4 Å². The van der Waals surface area contributed by atoms with Gasteiger partial charge in [0.2, 0.25) is 0 Å². The van der Waals surface area contributed by atoms with E-state index in [4.69, 9.17) is 11.6 Å². The molecule has 1 N–H and O–H groups in total. The van der Waals surface area contributed by atoms with Crippen molar-refractivity contribution in [2.24, 2.45) is 0 Å². The van der Waals surface area contributed by atoms with Crippen molar-refractivity contribution < 1.29 is 13.5 Å². The van der Waals surface area contributed by atoms with Gasteiger partial charge in [-0.25, -0.2) is 0 Å². The normalized spacial score (nSPS) is 11.3. The van der Waals surface area contributed by atoms with E-state index < -0.39 is 6.61 Å². The van der Waals surface area contributed by atoms with Crippen LogP contribution in [0.3, 0.4) is 0 Å². The van der Waals surface area contributed by atoms with Crippen LogP contribution in [0.2, 0.25) is 5.02 Å². The number of hydrogen-bond donors (Lipinski definition) is 1. The summed E-state index contributed by atoms with van der Waals surface area (Å²) < 4.78 is 29.0. The number of halogens is 3. The third-order valence-electron chi connectivity index (χ3n) is 2.81. The zero-order chi connectivity index (χ0) is 13.5. The Labute approximate surface area is 111 Å². The van der Waals surface area contributed by atoms with Crippen LogP contribution in [0.1, 0.15) is 32.3 Å².